The number of carbonyl (C=O) groups is 1. The van der Waals surface area contributed by atoms with E-state index in [0.717, 1.165) is 18.7 Å². The van der Waals surface area contributed by atoms with E-state index in [1.54, 1.807) is 6.26 Å². The second kappa shape index (κ2) is 6.21. The molecule has 1 aliphatic heterocycles. The quantitative estimate of drug-likeness (QED) is 0.879. The zero-order chi connectivity index (χ0) is 13.8. The number of amides is 1. The summed E-state index contributed by atoms with van der Waals surface area (Å²) in [5.74, 6) is 1.09. The van der Waals surface area contributed by atoms with Gasteiger partial charge < -0.3 is 14.6 Å². The first-order valence-corrected chi connectivity index (χ1v) is 6.81. The zero-order valence-electron chi connectivity index (χ0n) is 11.9. The lowest BCUT2D eigenvalue weighted by Gasteiger charge is -2.32. The highest BCUT2D eigenvalue weighted by atomic mass is 16.3. The predicted octanol–water partition coefficient (Wildman–Crippen LogP) is 0.920. The molecule has 0 saturated carbocycles. The van der Waals surface area contributed by atoms with Gasteiger partial charge in [-0.15, -0.1) is 0 Å². The number of hydrogen-bond donors (Lipinski definition) is 1. The highest BCUT2D eigenvalue weighted by Gasteiger charge is 2.34. The van der Waals surface area contributed by atoms with Crippen molar-refractivity contribution in [2.75, 3.05) is 27.2 Å². The first-order valence-electron chi connectivity index (χ1n) is 6.81. The molecule has 2 heterocycles. The lowest BCUT2D eigenvalue weighted by atomic mass is 10.1. The molecule has 2 atom stereocenters. The molecule has 1 aromatic heterocycles. The van der Waals surface area contributed by atoms with E-state index in [-0.39, 0.29) is 11.9 Å². The predicted molar refractivity (Wildman–Crippen MR) is 73.7 cm³/mol. The minimum Gasteiger partial charge on any atom is -0.468 e. The van der Waals surface area contributed by atoms with Gasteiger partial charge in [0, 0.05) is 26.2 Å². The Morgan fingerprint density at radius 2 is 2.32 bits per heavy atom. The summed E-state index contributed by atoms with van der Waals surface area (Å²) in [6, 6.07) is 4.08. The maximum absolute atomic E-state index is 12.4. The summed E-state index contributed by atoms with van der Waals surface area (Å²) in [5, 5.41) is 3.13. The Kier molecular flexibility index (Phi) is 4.61. The van der Waals surface area contributed by atoms with Crippen LogP contribution in [0.4, 0.5) is 0 Å². The lowest BCUT2D eigenvalue weighted by molar-refractivity contribution is -0.134. The van der Waals surface area contributed by atoms with E-state index in [1.165, 1.54) is 0 Å². The summed E-state index contributed by atoms with van der Waals surface area (Å²) in [6.07, 6.45) is 2.67. The van der Waals surface area contributed by atoms with Crippen molar-refractivity contribution in [3.05, 3.63) is 24.2 Å². The summed E-state index contributed by atoms with van der Waals surface area (Å²) in [7, 11) is 3.77. The molecule has 2 unspecified atom stereocenters. The van der Waals surface area contributed by atoms with Crippen LogP contribution in [0.1, 0.15) is 19.1 Å². The number of nitrogens with one attached hydrogen (secondary N) is 1. The third-order valence-electron chi connectivity index (χ3n) is 3.83. The average Bonchev–Trinajstić information content (AvgIpc) is 2.88. The smallest absolute Gasteiger partial charge is 0.241 e. The molecule has 0 radical (unpaired) electrons. The first kappa shape index (κ1) is 14.1. The molecule has 1 fully saturated rings. The van der Waals surface area contributed by atoms with Crippen LogP contribution in [0, 0.1) is 0 Å². The van der Waals surface area contributed by atoms with Crippen LogP contribution < -0.4 is 5.32 Å². The van der Waals surface area contributed by atoms with E-state index in [2.05, 4.69) is 17.1 Å². The molecule has 106 valence electrons. The van der Waals surface area contributed by atoms with Crippen molar-refractivity contribution < 1.29 is 9.21 Å². The summed E-state index contributed by atoms with van der Waals surface area (Å²) in [5.41, 5.74) is 0. The van der Waals surface area contributed by atoms with Crippen LogP contribution in [-0.4, -0.2) is 55.0 Å². The van der Waals surface area contributed by atoms with Crippen molar-refractivity contribution in [3.63, 3.8) is 0 Å². The monoisotopic (exact) mass is 265 g/mol. The van der Waals surface area contributed by atoms with E-state index in [0.29, 0.717) is 19.1 Å². The van der Waals surface area contributed by atoms with Crippen LogP contribution in [0.5, 0.6) is 0 Å². The number of nitrogens with zero attached hydrogens (tertiary/aromatic N) is 2. The van der Waals surface area contributed by atoms with Gasteiger partial charge in [-0.05, 0) is 32.5 Å². The Bertz CT molecular complexity index is 405. The van der Waals surface area contributed by atoms with Crippen LogP contribution in [-0.2, 0) is 11.3 Å². The number of rotatable bonds is 4. The van der Waals surface area contributed by atoms with Crippen molar-refractivity contribution in [2.45, 2.75) is 32.0 Å². The molecule has 0 aromatic carbocycles. The van der Waals surface area contributed by atoms with Gasteiger partial charge in [0.25, 0.3) is 0 Å². The van der Waals surface area contributed by atoms with Gasteiger partial charge in [-0.25, -0.2) is 0 Å². The van der Waals surface area contributed by atoms with Gasteiger partial charge >= 0.3 is 0 Å². The SMILES string of the molecule is CNCC1C(=O)N(C)CCC(C)N1Cc1ccco1. The van der Waals surface area contributed by atoms with E-state index in [1.807, 2.05) is 31.1 Å². The van der Waals surface area contributed by atoms with Crippen molar-refractivity contribution in [3.8, 4) is 0 Å². The molecule has 0 spiro atoms. The fourth-order valence-corrected chi connectivity index (χ4v) is 2.61. The van der Waals surface area contributed by atoms with Crippen LogP contribution in [0.25, 0.3) is 0 Å². The molecular formula is C14H23N3O2. The minimum absolute atomic E-state index is 0.127. The third-order valence-corrected chi connectivity index (χ3v) is 3.83. The Balaban J connectivity index is 2.20. The summed E-state index contributed by atoms with van der Waals surface area (Å²) < 4.78 is 5.43. The Morgan fingerprint density at radius 1 is 1.53 bits per heavy atom. The normalized spacial score (nSPS) is 25.6. The standard InChI is InChI=1S/C14H23N3O2/c1-11-6-7-16(3)14(18)13(9-15-2)17(11)10-12-5-4-8-19-12/h4-5,8,11,13,15H,6-7,9-10H2,1-3H3. The largest absolute Gasteiger partial charge is 0.468 e. The van der Waals surface area contributed by atoms with Crippen LogP contribution in [0.15, 0.2) is 22.8 Å². The highest BCUT2D eigenvalue weighted by Crippen LogP contribution is 2.19. The fourth-order valence-electron chi connectivity index (χ4n) is 2.61. The molecule has 2 rings (SSSR count). The average molecular weight is 265 g/mol. The molecule has 1 amide bonds. The molecule has 0 bridgehead atoms. The maximum Gasteiger partial charge on any atom is 0.241 e. The highest BCUT2D eigenvalue weighted by molar-refractivity contribution is 5.82. The van der Waals surface area contributed by atoms with Crippen LogP contribution >= 0.6 is 0 Å². The van der Waals surface area contributed by atoms with Gasteiger partial charge in [-0.3, -0.25) is 9.69 Å². The summed E-state index contributed by atoms with van der Waals surface area (Å²) >= 11 is 0. The Hall–Kier alpha value is -1.33. The number of furan rings is 1. The molecule has 5 heteroatoms. The fraction of sp³-hybridized carbons (Fsp3) is 0.643. The van der Waals surface area contributed by atoms with Crippen LogP contribution in [0.3, 0.4) is 0 Å². The Morgan fingerprint density at radius 3 is 2.95 bits per heavy atom. The van der Waals surface area contributed by atoms with E-state index in [9.17, 15) is 4.79 Å². The van der Waals surface area contributed by atoms with Crippen molar-refractivity contribution in [1.29, 1.82) is 0 Å². The Labute approximate surface area is 114 Å². The molecule has 1 saturated heterocycles. The van der Waals surface area contributed by atoms with Gasteiger partial charge in [0.05, 0.1) is 12.8 Å². The number of carbonyl (C=O) groups excluding carboxylic acids is 1. The van der Waals surface area contributed by atoms with Gasteiger partial charge in [-0.1, -0.05) is 0 Å². The molecule has 1 aliphatic rings. The summed E-state index contributed by atoms with van der Waals surface area (Å²) in [4.78, 5) is 16.5. The molecule has 0 aliphatic carbocycles. The van der Waals surface area contributed by atoms with Gasteiger partial charge in [0.15, 0.2) is 0 Å². The minimum atomic E-state index is -0.127. The second-order valence-electron chi connectivity index (χ2n) is 5.22. The van der Waals surface area contributed by atoms with Crippen LogP contribution in [0.2, 0.25) is 0 Å². The molecule has 1 aromatic rings. The molecular weight excluding hydrogens is 242 g/mol. The van der Waals surface area contributed by atoms with Gasteiger partial charge in [0.2, 0.25) is 5.91 Å². The number of hydrogen-bond acceptors (Lipinski definition) is 4. The van der Waals surface area contributed by atoms with E-state index >= 15 is 0 Å². The second-order valence-corrected chi connectivity index (χ2v) is 5.22. The zero-order valence-corrected chi connectivity index (χ0v) is 11.9. The third kappa shape index (κ3) is 3.16. The van der Waals surface area contributed by atoms with E-state index < -0.39 is 0 Å². The van der Waals surface area contributed by atoms with Gasteiger partial charge in [0.1, 0.15) is 11.8 Å². The maximum atomic E-state index is 12.4. The van der Waals surface area contributed by atoms with Crippen molar-refractivity contribution >= 4 is 5.91 Å². The first-order chi connectivity index (χ1) is 9.13. The molecule has 19 heavy (non-hydrogen) atoms. The number of likely N-dealkylation sites (N-methyl/N-ethyl adjacent to an activating group) is 2. The molecule has 1 N–H and O–H groups in total. The topological polar surface area (TPSA) is 48.7 Å². The molecule has 5 nitrogen and oxygen atoms in total. The van der Waals surface area contributed by atoms with Crippen molar-refractivity contribution in [2.24, 2.45) is 0 Å². The summed E-state index contributed by atoms with van der Waals surface area (Å²) in [6.45, 7) is 4.33. The van der Waals surface area contributed by atoms with Crippen molar-refractivity contribution in [1.82, 2.24) is 15.1 Å². The van der Waals surface area contributed by atoms with Gasteiger partial charge in [-0.2, -0.15) is 0 Å². The lowest BCUT2D eigenvalue weighted by Crippen LogP contribution is -2.51. The van der Waals surface area contributed by atoms with E-state index in [4.69, 9.17) is 4.42 Å².